The average Bonchev–Trinajstić information content (AvgIpc) is 2.14. The average molecular weight is 201 g/mol. The van der Waals surface area contributed by atoms with E-state index >= 15 is 0 Å². The van der Waals surface area contributed by atoms with Gasteiger partial charge in [0.25, 0.3) is 0 Å². The molecule has 0 aromatic rings. The maximum absolute atomic E-state index is 11.4. The van der Waals surface area contributed by atoms with Crippen LogP contribution in [-0.2, 0) is 9.59 Å². The molecule has 0 saturated carbocycles. The number of β-amino-alcohol motifs (C(OH)–C–C–N with tert-alkyl or cyclic N) is 1. The number of aliphatic hydroxyl groups is 1. The Kier molecular flexibility index (Phi) is 3.43. The van der Waals surface area contributed by atoms with Gasteiger partial charge in [0.1, 0.15) is 0 Å². The molecule has 0 aromatic carbocycles. The minimum absolute atomic E-state index is 0.0341. The molecule has 0 unspecified atom stereocenters. The van der Waals surface area contributed by atoms with E-state index in [-0.39, 0.29) is 38.0 Å². The van der Waals surface area contributed by atoms with Crippen molar-refractivity contribution in [2.75, 3.05) is 33.2 Å². The van der Waals surface area contributed by atoms with Gasteiger partial charge in [0.2, 0.25) is 11.8 Å². The Morgan fingerprint density at radius 2 is 2.07 bits per heavy atom. The predicted molar refractivity (Wildman–Crippen MR) is 49.3 cm³/mol. The third-order valence-corrected chi connectivity index (χ3v) is 2.18. The van der Waals surface area contributed by atoms with Gasteiger partial charge in [-0.1, -0.05) is 0 Å². The van der Waals surface area contributed by atoms with Crippen LogP contribution in [0.4, 0.5) is 0 Å². The summed E-state index contributed by atoms with van der Waals surface area (Å²) in [6.07, 6.45) is -0.754. The van der Waals surface area contributed by atoms with Crippen LogP contribution in [0, 0.1) is 0 Å². The van der Waals surface area contributed by atoms with Gasteiger partial charge in [0.05, 0.1) is 19.2 Å². The number of likely N-dealkylation sites (N-methyl/N-ethyl adjacent to an activating group) is 1. The second-order valence-electron chi connectivity index (χ2n) is 3.41. The van der Waals surface area contributed by atoms with Crippen molar-refractivity contribution >= 4 is 11.8 Å². The molecule has 14 heavy (non-hydrogen) atoms. The van der Waals surface area contributed by atoms with Crippen molar-refractivity contribution in [1.82, 2.24) is 9.80 Å². The van der Waals surface area contributed by atoms with Crippen LogP contribution in [0.25, 0.3) is 0 Å². The molecule has 0 radical (unpaired) electrons. The summed E-state index contributed by atoms with van der Waals surface area (Å²) in [7, 11) is 1.58. The van der Waals surface area contributed by atoms with Crippen molar-refractivity contribution in [3.8, 4) is 0 Å². The van der Waals surface area contributed by atoms with E-state index in [0.717, 1.165) is 0 Å². The Labute approximate surface area is 82.3 Å². The number of rotatable bonds is 3. The minimum atomic E-state index is -0.754. The predicted octanol–water partition coefficient (Wildman–Crippen LogP) is -2.39. The number of piperazine rings is 1. The molecule has 1 aliphatic heterocycles. The zero-order valence-corrected chi connectivity index (χ0v) is 8.14. The van der Waals surface area contributed by atoms with Gasteiger partial charge in [-0.15, -0.1) is 0 Å². The molecule has 1 rings (SSSR count). The van der Waals surface area contributed by atoms with E-state index in [1.807, 2.05) is 0 Å². The topological polar surface area (TPSA) is 86.9 Å². The molecule has 80 valence electrons. The molecular weight excluding hydrogens is 186 g/mol. The first-order valence-electron chi connectivity index (χ1n) is 4.44. The van der Waals surface area contributed by atoms with E-state index in [1.54, 1.807) is 7.05 Å². The van der Waals surface area contributed by atoms with E-state index in [0.29, 0.717) is 0 Å². The Bertz CT molecular complexity index is 244. The SMILES string of the molecule is CN1CC(=O)N(C[C@H](O)CN)CC1=O. The van der Waals surface area contributed by atoms with Crippen molar-refractivity contribution < 1.29 is 14.7 Å². The monoisotopic (exact) mass is 201 g/mol. The summed E-state index contributed by atoms with van der Waals surface area (Å²) in [5.74, 6) is -0.270. The van der Waals surface area contributed by atoms with Crippen LogP contribution < -0.4 is 5.73 Å². The van der Waals surface area contributed by atoms with Crippen LogP contribution in [0.15, 0.2) is 0 Å². The Balaban J connectivity index is 2.53. The third-order valence-electron chi connectivity index (χ3n) is 2.18. The zero-order valence-electron chi connectivity index (χ0n) is 8.14. The molecule has 1 saturated heterocycles. The largest absolute Gasteiger partial charge is 0.390 e. The van der Waals surface area contributed by atoms with Gasteiger partial charge in [0.15, 0.2) is 0 Å². The highest BCUT2D eigenvalue weighted by molar-refractivity contribution is 5.92. The number of carbonyl (C=O) groups excluding carboxylic acids is 2. The van der Waals surface area contributed by atoms with Gasteiger partial charge >= 0.3 is 0 Å². The number of hydrogen-bond donors (Lipinski definition) is 2. The number of nitrogens with two attached hydrogens (primary N) is 1. The second kappa shape index (κ2) is 4.39. The lowest BCUT2D eigenvalue weighted by Gasteiger charge is -2.32. The quantitative estimate of drug-likeness (QED) is 0.533. The van der Waals surface area contributed by atoms with Crippen LogP contribution in [0.2, 0.25) is 0 Å². The molecule has 1 atom stereocenters. The van der Waals surface area contributed by atoms with E-state index in [1.165, 1.54) is 9.80 Å². The summed E-state index contributed by atoms with van der Waals surface area (Å²) in [6, 6.07) is 0. The van der Waals surface area contributed by atoms with Crippen molar-refractivity contribution in [2.24, 2.45) is 5.73 Å². The number of carbonyl (C=O) groups is 2. The lowest BCUT2D eigenvalue weighted by Crippen LogP contribution is -2.54. The van der Waals surface area contributed by atoms with E-state index < -0.39 is 6.10 Å². The van der Waals surface area contributed by atoms with Gasteiger partial charge in [0, 0.05) is 20.1 Å². The standard InChI is InChI=1S/C8H15N3O3/c1-10-4-8(14)11(5-7(10)13)3-6(12)2-9/h6,12H,2-5,9H2,1H3/t6-/m1/s1. The maximum Gasteiger partial charge on any atom is 0.242 e. The van der Waals surface area contributed by atoms with Gasteiger partial charge in [-0.2, -0.15) is 0 Å². The van der Waals surface area contributed by atoms with Crippen molar-refractivity contribution in [1.29, 1.82) is 0 Å². The van der Waals surface area contributed by atoms with Crippen molar-refractivity contribution in [3.05, 3.63) is 0 Å². The normalized spacial score (nSPS) is 20.2. The van der Waals surface area contributed by atoms with Crippen LogP contribution in [-0.4, -0.2) is 66.1 Å². The van der Waals surface area contributed by atoms with E-state index in [9.17, 15) is 14.7 Å². The molecule has 1 fully saturated rings. The Morgan fingerprint density at radius 3 is 2.64 bits per heavy atom. The van der Waals surface area contributed by atoms with Gasteiger partial charge in [-0.25, -0.2) is 0 Å². The number of amides is 2. The molecule has 3 N–H and O–H groups in total. The molecule has 6 nitrogen and oxygen atoms in total. The molecule has 6 heteroatoms. The fourth-order valence-corrected chi connectivity index (χ4v) is 1.26. The molecule has 0 aromatic heterocycles. The van der Waals surface area contributed by atoms with Crippen LogP contribution in [0.5, 0.6) is 0 Å². The lowest BCUT2D eigenvalue weighted by molar-refractivity contribution is -0.149. The molecule has 0 bridgehead atoms. The smallest absolute Gasteiger partial charge is 0.242 e. The summed E-state index contributed by atoms with van der Waals surface area (Å²) in [4.78, 5) is 25.3. The molecule has 0 aliphatic carbocycles. The Morgan fingerprint density at radius 1 is 1.43 bits per heavy atom. The summed E-state index contributed by atoms with van der Waals surface area (Å²) >= 11 is 0. The van der Waals surface area contributed by atoms with Crippen LogP contribution in [0.1, 0.15) is 0 Å². The zero-order chi connectivity index (χ0) is 10.7. The van der Waals surface area contributed by atoms with Gasteiger partial charge < -0.3 is 20.6 Å². The fraction of sp³-hybridized carbons (Fsp3) is 0.750. The first-order valence-corrected chi connectivity index (χ1v) is 4.44. The molecule has 1 aliphatic rings. The lowest BCUT2D eigenvalue weighted by atomic mass is 10.2. The highest BCUT2D eigenvalue weighted by atomic mass is 16.3. The Hall–Kier alpha value is -1.14. The number of aliphatic hydroxyl groups excluding tert-OH is 1. The summed E-state index contributed by atoms with van der Waals surface area (Å²) in [5, 5.41) is 9.24. The maximum atomic E-state index is 11.4. The van der Waals surface area contributed by atoms with Crippen molar-refractivity contribution in [3.63, 3.8) is 0 Å². The minimum Gasteiger partial charge on any atom is -0.390 e. The van der Waals surface area contributed by atoms with Crippen LogP contribution >= 0.6 is 0 Å². The highest BCUT2D eigenvalue weighted by Crippen LogP contribution is 2.03. The third kappa shape index (κ3) is 2.43. The number of nitrogens with zero attached hydrogens (tertiary/aromatic N) is 2. The van der Waals surface area contributed by atoms with E-state index in [4.69, 9.17) is 5.73 Å². The van der Waals surface area contributed by atoms with E-state index in [2.05, 4.69) is 0 Å². The first kappa shape index (κ1) is 10.9. The fourth-order valence-electron chi connectivity index (χ4n) is 1.26. The molecular formula is C8H15N3O3. The second-order valence-corrected chi connectivity index (χ2v) is 3.41. The first-order chi connectivity index (χ1) is 6.54. The van der Waals surface area contributed by atoms with Crippen molar-refractivity contribution in [2.45, 2.75) is 6.10 Å². The van der Waals surface area contributed by atoms with Gasteiger partial charge in [-0.05, 0) is 0 Å². The molecule has 0 spiro atoms. The van der Waals surface area contributed by atoms with Gasteiger partial charge in [-0.3, -0.25) is 9.59 Å². The highest BCUT2D eigenvalue weighted by Gasteiger charge is 2.28. The summed E-state index contributed by atoms with van der Waals surface area (Å²) < 4.78 is 0. The number of hydrogen-bond acceptors (Lipinski definition) is 4. The molecule has 2 amide bonds. The summed E-state index contributed by atoms with van der Waals surface area (Å²) in [5.41, 5.74) is 5.21. The summed E-state index contributed by atoms with van der Waals surface area (Å²) in [6.45, 7) is 0.339. The molecule has 1 heterocycles. The van der Waals surface area contributed by atoms with Crippen LogP contribution in [0.3, 0.4) is 0 Å².